The van der Waals surface area contributed by atoms with E-state index in [2.05, 4.69) is 21.4 Å². The van der Waals surface area contributed by atoms with E-state index in [-0.39, 0.29) is 0 Å². The van der Waals surface area contributed by atoms with E-state index in [1.165, 1.54) is 0 Å². The van der Waals surface area contributed by atoms with Gasteiger partial charge in [-0.05, 0) is 68.9 Å². The quantitative estimate of drug-likeness (QED) is 0.582. The summed E-state index contributed by atoms with van der Waals surface area (Å²) in [5.74, 6) is 1.25. The summed E-state index contributed by atoms with van der Waals surface area (Å²) < 4.78 is 5.44. The van der Waals surface area contributed by atoms with Crippen LogP contribution in [0.3, 0.4) is 0 Å². The van der Waals surface area contributed by atoms with E-state index in [9.17, 15) is 0 Å². The normalized spacial score (nSPS) is 22.8. The van der Waals surface area contributed by atoms with Gasteiger partial charge in [-0.1, -0.05) is 23.2 Å². The first-order valence-corrected chi connectivity index (χ1v) is 11.7. The average molecular weight is 449 g/mol. The van der Waals surface area contributed by atoms with E-state index in [1.54, 1.807) is 12.4 Å². The Morgan fingerprint density at radius 1 is 0.933 bits per heavy atom. The minimum absolute atomic E-state index is 0.358. The molecule has 0 unspecified atom stereocenters. The van der Waals surface area contributed by atoms with E-state index >= 15 is 0 Å². The lowest BCUT2D eigenvalue weighted by molar-refractivity contribution is 0.0699. The Morgan fingerprint density at radius 3 is 2.47 bits per heavy atom. The van der Waals surface area contributed by atoms with Gasteiger partial charge in [-0.3, -0.25) is 4.98 Å². The van der Waals surface area contributed by atoms with Crippen LogP contribution in [0.25, 0.3) is 11.1 Å². The molecule has 30 heavy (non-hydrogen) atoms. The highest BCUT2D eigenvalue weighted by Crippen LogP contribution is 2.35. The van der Waals surface area contributed by atoms with E-state index in [0.717, 1.165) is 87.2 Å². The number of rotatable bonds is 6. The first-order valence-electron chi connectivity index (χ1n) is 11.0. The topological polar surface area (TPSA) is 73.1 Å². The maximum Gasteiger partial charge on any atom is 0.137 e. The summed E-state index contributed by atoms with van der Waals surface area (Å²) in [7, 11) is 0. The highest BCUT2D eigenvalue weighted by molar-refractivity contribution is 6.35. The van der Waals surface area contributed by atoms with Crippen molar-refractivity contribution in [3.05, 3.63) is 40.4 Å². The van der Waals surface area contributed by atoms with E-state index in [4.69, 9.17) is 33.7 Å². The third-order valence-electron chi connectivity index (χ3n) is 6.37. The number of anilines is 1. The minimum atomic E-state index is 0.358. The predicted molar refractivity (Wildman–Crippen MR) is 123 cm³/mol. The van der Waals surface area contributed by atoms with Crippen molar-refractivity contribution >= 4 is 28.9 Å². The molecule has 2 aliphatic rings. The summed E-state index contributed by atoms with van der Waals surface area (Å²) in [6, 6.07) is 4.47. The third-order valence-corrected chi connectivity index (χ3v) is 6.97. The van der Waals surface area contributed by atoms with Gasteiger partial charge in [0, 0.05) is 48.8 Å². The molecule has 2 fully saturated rings. The number of aromatic nitrogens is 2. The molecular formula is C23H30Cl2N4O. The lowest BCUT2D eigenvalue weighted by Gasteiger charge is -2.25. The SMILES string of the molecule is NC1CCC(Cc2cc(-c3cc(NCC4CCOCC4)cnc3Cl)c(Cl)cn2)CC1. The molecule has 1 saturated carbocycles. The second-order valence-corrected chi connectivity index (χ2v) is 9.40. The van der Waals surface area contributed by atoms with Crippen LogP contribution in [0.1, 0.15) is 44.2 Å². The van der Waals surface area contributed by atoms with Gasteiger partial charge in [-0.15, -0.1) is 0 Å². The van der Waals surface area contributed by atoms with Crippen molar-refractivity contribution in [3.63, 3.8) is 0 Å². The number of halogens is 2. The summed E-state index contributed by atoms with van der Waals surface area (Å²) >= 11 is 13.0. The Hall–Kier alpha value is -1.40. The fourth-order valence-corrected chi connectivity index (χ4v) is 4.84. The third kappa shape index (κ3) is 5.64. The van der Waals surface area contributed by atoms with Crippen molar-refractivity contribution in [1.29, 1.82) is 0 Å². The number of hydrogen-bond acceptors (Lipinski definition) is 5. The van der Waals surface area contributed by atoms with Gasteiger partial charge < -0.3 is 15.8 Å². The maximum absolute atomic E-state index is 6.52. The molecule has 0 aromatic carbocycles. The standard InChI is InChI=1S/C23H30Cl2N4O/c24-22-14-28-18(9-15-1-3-17(26)4-2-15)10-20(22)21-11-19(13-29-23(21)25)27-12-16-5-7-30-8-6-16/h10-11,13-17,27H,1-9,12,26H2. The predicted octanol–water partition coefficient (Wildman–Crippen LogP) is 5.35. The van der Waals surface area contributed by atoms with Crippen LogP contribution in [-0.2, 0) is 11.2 Å². The van der Waals surface area contributed by atoms with Gasteiger partial charge in [0.15, 0.2) is 0 Å². The van der Waals surface area contributed by atoms with E-state index in [1.807, 2.05) is 6.07 Å². The number of pyridine rings is 2. The highest BCUT2D eigenvalue weighted by Gasteiger charge is 2.20. The van der Waals surface area contributed by atoms with Gasteiger partial charge in [0.05, 0.1) is 16.9 Å². The molecule has 4 rings (SSSR count). The van der Waals surface area contributed by atoms with E-state index < -0.39 is 0 Å². The fraction of sp³-hybridized carbons (Fsp3) is 0.565. The van der Waals surface area contributed by atoms with Crippen LogP contribution in [0.15, 0.2) is 24.5 Å². The van der Waals surface area contributed by atoms with Crippen molar-refractivity contribution < 1.29 is 4.74 Å². The summed E-state index contributed by atoms with van der Waals surface area (Å²) in [5, 5.41) is 4.55. The van der Waals surface area contributed by atoms with Crippen molar-refractivity contribution in [3.8, 4) is 11.1 Å². The van der Waals surface area contributed by atoms with Crippen LogP contribution in [0.2, 0.25) is 10.2 Å². The molecule has 0 bridgehead atoms. The van der Waals surface area contributed by atoms with Crippen LogP contribution in [-0.4, -0.2) is 35.8 Å². The first kappa shape index (κ1) is 21.8. The number of ether oxygens (including phenoxy) is 1. The fourth-order valence-electron chi connectivity index (χ4n) is 4.43. The number of hydrogen-bond donors (Lipinski definition) is 2. The van der Waals surface area contributed by atoms with Crippen molar-refractivity contribution in [2.45, 2.75) is 51.0 Å². The Morgan fingerprint density at radius 2 is 1.70 bits per heavy atom. The minimum Gasteiger partial charge on any atom is -0.384 e. The highest BCUT2D eigenvalue weighted by atomic mass is 35.5. The second-order valence-electron chi connectivity index (χ2n) is 8.64. The van der Waals surface area contributed by atoms with Gasteiger partial charge >= 0.3 is 0 Å². The molecule has 1 aliphatic heterocycles. The van der Waals surface area contributed by atoms with Crippen LogP contribution in [0.4, 0.5) is 5.69 Å². The Kier molecular flexibility index (Phi) is 7.47. The van der Waals surface area contributed by atoms with Crippen LogP contribution in [0, 0.1) is 11.8 Å². The molecule has 3 heterocycles. The van der Waals surface area contributed by atoms with E-state index in [0.29, 0.717) is 28.1 Å². The van der Waals surface area contributed by atoms with Gasteiger partial charge in [0.2, 0.25) is 0 Å². The summed E-state index contributed by atoms with van der Waals surface area (Å²) in [6.07, 6.45) is 11.2. The monoisotopic (exact) mass is 448 g/mol. The molecular weight excluding hydrogens is 419 g/mol. The Bertz CT molecular complexity index is 849. The summed E-state index contributed by atoms with van der Waals surface area (Å²) in [4.78, 5) is 8.97. The van der Waals surface area contributed by atoms with Crippen molar-refractivity contribution in [2.75, 3.05) is 25.1 Å². The molecule has 0 spiro atoms. The van der Waals surface area contributed by atoms with Gasteiger partial charge in [0.1, 0.15) is 5.15 Å². The molecule has 0 radical (unpaired) electrons. The van der Waals surface area contributed by atoms with Crippen LogP contribution in [0.5, 0.6) is 0 Å². The first-order chi connectivity index (χ1) is 14.6. The van der Waals surface area contributed by atoms with Crippen molar-refractivity contribution in [2.24, 2.45) is 17.6 Å². The van der Waals surface area contributed by atoms with Gasteiger partial charge in [-0.25, -0.2) is 4.98 Å². The summed E-state index contributed by atoms with van der Waals surface area (Å²) in [6.45, 7) is 2.60. The summed E-state index contributed by atoms with van der Waals surface area (Å²) in [5.41, 5.74) is 9.78. The average Bonchev–Trinajstić information content (AvgIpc) is 2.77. The number of nitrogens with two attached hydrogens (primary N) is 1. The van der Waals surface area contributed by atoms with Gasteiger partial charge in [0.25, 0.3) is 0 Å². The van der Waals surface area contributed by atoms with Crippen molar-refractivity contribution in [1.82, 2.24) is 9.97 Å². The zero-order valence-electron chi connectivity index (χ0n) is 17.2. The molecule has 5 nitrogen and oxygen atoms in total. The molecule has 2 aromatic heterocycles. The molecule has 162 valence electrons. The van der Waals surface area contributed by atoms with Gasteiger partial charge in [-0.2, -0.15) is 0 Å². The number of nitrogens with one attached hydrogen (secondary N) is 1. The van der Waals surface area contributed by atoms with Crippen LogP contribution < -0.4 is 11.1 Å². The second kappa shape index (κ2) is 10.3. The molecule has 1 saturated heterocycles. The lowest BCUT2D eigenvalue weighted by atomic mass is 9.83. The molecule has 2 aromatic rings. The Labute approximate surface area is 188 Å². The molecule has 7 heteroatoms. The zero-order chi connectivity index (χ0) is 20.9. The molecule has 0 amide bonds. The lowest BCUT2D eigenvalue weighted by Crippen LogP contribution is -2.27. The van der Waals surface area contributed by atoms with Crippen LogP contribution >= 0.6 is 23.2 Å². The molecule has 0 atom stereocenters. The molecule has 3 N–H and O–H groups in total. The molecule has 1 aliphatic carbocycles. The maximum atomic E-state index is 6.52. The Balaban J connectivity index is 1.49. The smallest absolute Gasteiger partial charge is 0.137 e. The zero-order valence-corrected chi connectivity index (χ0v) is 18.8. The largest absolute Gasteiger partial charge is 0.384 e. The number of nitrogens with zero attached hydrogens (tertiary/aromatic N) is 2.